The molecule has 106 valence electrons. The van der Waals surface area contributed by atoms with Gasteiger partial charge in [-0.25, -0.2) is 0 Å². The molecule has 2 aliphatic heterocycles. The van der Waals surface area contributed by atoms with E-state index in [2.05, 4.69) is 0 Å². The van der Waals surface area contributed by atoms with Crippen molar-refractivity contribution in [1.29, 1.82) is 0 Å². The minimum atomic E-state index is -1.49. The zero-order valence-electron chi connectivity index (χ0n) is 9.93. The predicted molar refractivity (Wildman–Crippen MR) is 69.7 cm³/mol. The topological polar surface area (TPSA) is 36.9 Å². The SMILES string of the molecule is FC1COc2c(csc2-c2scc3c2OC(F)CO3)O1. The number of ether oxygens (including phenoxy) is 4. The first-order valence-electron chi connectivity index (χ1n) is 5.83. The molecule has 0 saturated carbocycles. The van der Waals surface area contributed by atoms with Gasteiger partial charge in [0, 0.05) is 10.8 Å². The van der Waals surface area contributed by atoms with Gasteiger partial charge in [0.1, 0.15) is 0 Å². The zero-order valence-corrected chi connectivity index (χ0v) is 11.6. The van der Waals surface area contributed by atoms with Gasteiger partial charge in [-0.3, -0.25) is 0 Å². The molecule has 4 rings (SSSR count). The first-order chi connectivity index (χ1) is 9.72. The molecule has 20 heavy (non-hydrogen) atoms. The molecule has 0 amide bonds. The van der Waals surface area contributed by atoms with Crippen molar-refractivity contribution in [3.05, 3.63) is 10.8 Å². The monoisotopic (exact) mass is 318 g/mol. The Bertz CT molecular complexity index is 654. The third-order valence-electron chi connectivity index (χ3n) is 2.86. The van der Waals surface area contributed by atoms with Crippen LogP contribution in [0.15, 0.2) is 10.8 Å². The predicted octanol–water partition coefficient (Wildman–Crippen LogP) is 3.61. The second-order valence-electron chi connectivity index (χ2n) is 4.19. The Kier molecular flexibility index (Phi) is 2.74. The highest BCUT2D eigenvalue weighted by atomic mass is 32.1. The van der Waals surface area contributed by atoms with Crippen LogP contribution in [0.1, 0.15) is 0 Å². The van der Waals surface area contributed by atoms with Gasteiger partial charge < -0.3 is 18.9 Å². The van der Waals surface area contributed by atoms with E-state index in [0.717, 1.165) is 4.88 Å². The van der Waals surface area contributed by atoms with Gasteiger partial charge in [0.2, 0.25) is 0 Å². The van der Waals surface area contributed by atoms with Crippen molar-refractivity contribution in [3.8, 4) is 32.8 Å². The molecule has 0 bridgehead atoms. The lowest BCUT2D eigenvalue weighted by atomic mass is 10.3. The van der Waals surface area contributed by atoms with Gasteiger partial charge in [-0.15, -0.1) is 22.7 Å². The van der Waals surface area contributed by atoms with E-state index in [1.165, 1.54) is 22.7 Å². The quantitative estimate of drug-likeness (QED) is 0.805. The van der Waals surface area contributed by atoms with E-state index in [9.17, 15) is 8.78 Å². The molecule has 2 aromatic rings. The van der Waals surface area contributed by atoms with Crippen LogP contribution in [0.4, 0.5) is 8.78 Å². The van der Waals surface area contributed by atoms with Crippen LogP contribution in [0.2, 0.25) is 0 Å². The van der Waals surface area contributed by atoms with Crippen molar-refractivity contribution in [2.24, 2.45) is 0 Å². The lowest BCUT2D eigenvalue weighted by Crippen LogP contribution is -2.24. The molecule has 0 radical (unpaired) electrons. The van der Waals surface area contributed by atoms with Gasteiger partial charge in [-0.05, 0) is 0 Å². The van der Waals surface area contributed by atoms with Gasteiger partial charge in [-0.2, -0.15) is 8.78 Å². The summed E-state index contributed by atoms with van der Waals surface area (Å²) in [6, 6.07) is 0. The Morgan fingerprint density at radius 2 is 1.50 bits per heavy atom. The van der Waals surface area contributed by atoms with E-state index in [1.807, 2.05) is 0 Å². The number of alkyl halides is 2. The summed E-state index contributed by atoms with van der Waals surface area (Å²) in [6.07, 6.45) is -2.95. The van der Waals surface area contributed by atoms with Crippen LogP contribution in [-0.4, -0.2) is 25.9 Å². The van der Waals surface area contributed by atoms with Crippen LogP contribution in [0.5, 0.6) is 23.0 Å². The Hall–Kier alpha value is -1.54. The van der Waals surface area contributed by atoms with E-state index in [0.29, 0.717) is 27.9 Å². The van der Waals surface area contributed by atoms with Gasteiger partial charge in [-0.1, -0.05) is 0 Å². The van der Waals surface area contributed by atoms with Crippen LogP contribution in [0.3, 0.4) is 0 Å². The lowest BCUT2D eigenvalue weighted by Gasteiger charge is -2.21. The Labute approximate surface area is 120 Å². The van der Waals surface area contributed by atoms with Crippen molar-refractivity contribution >= 4 is 22.7 Å². The summed E-state index contributed by atoms with van der Waals surface area (Å²) in [6.45, 7) is -0.276. The molecule has 2 unspecified atom stereocenters. The minimum absolute atomic E-state index is 0.116. The van der Waals surface area contributed by atoms with E-state index in [1.54, 1.807) is 10.8 Å². The van der Waals surface area contributed by atoms with Gasteiger partial charge in [0.25, 0.3) is 12.7 Å². The van der Waals surface area contributed by atoms with Crippen LogP contribution in [-0.2, 0) is 0 Å². The summed E-state index contributed by atoms with van der Waals surface area (Å²) < 4.78 is 47.3. The number of fused-ring (bicyclic) bond motifs is 2. The van der Waals surface area contributed by atoms with Crippen LogP contribution >= 0.6 is 22.7 Å². The molecule has 0 spiro atoms. The molecule has 8 heteroatoms. The molecular weight excluding hydrogens is 310 g/mol. The van der Waals surface area contributed by atoms with Gasteiger partial charge in [0.15, 0.2) is 36.2 Å². The molecule has 2 aliphatic rings. The summed E-state index contributed by atoms with van der Waals surface area (Å²) in [5, 5.41) is 3.42. The lowest BCUT2D eigenvalue weighted by molar-refractivity contribution is -0.00263. The van der Waals surface area contributed by atoms with Gasteiger partial charge in [0.05, 0.1) is 9.75 Å². The molecule has 0 N–H and O–H groups in total. The van der Waals surface area contributed by atoms with E-state index in [4.69, 9.17) is 18.9 Å². The first-order valence-corrected chi connectivity index (χ1v) is 7.58. The molecule has 0 aliphatic carbocycles. The zero-order chi connectivity index (χ0) is 13.7. The highest BCUT2D eigenvalue weighted by Crippen LogP contribution is 2.54. The fourth-order valence-electron chi connectivity index (χ4n) is 2.04. The molecule has 4 heterocycles. The molecule has 0 fully saturated rings. The number of hydrogen-bond acceptors (Lipinski definition) is 6. The minimum Gasteiger partial charge on any atom is -0.482 e. The maximum absolute atomic E-state index is 13.3. The van der Waals surface area contributed by atoms with E-state index < -0.39 is 12.7 Å². The average molecular weight is 318 g/mol. The number of rotatable bonds is 1. The summed E-state index contributed by atoms with van der Waals surface area (Å²) >= 11 is 2.70. The van der Waals surface area contributed by atoms with Crippen LogP contribution in [0, 0.1) is 0 Å². The summed E-state index contributed by atoms with van der Waals surface area (Å²) in [5.41, 5.74) is 0. The molecule has 4 nitrogen and oxygen atoms in total. The summed E-state index contributed by atoms with van der Waals surface area (Å²) in [5.74, 6) is 1.71. The largest absolute Gasteiger partial charge is 0.482 e. The molecule has 0 aromatic carbocycles. The second-order valence-corrected chi connectivity index (χ2v) is 5.95. The Morgan fingerprint density at radius 3 is 2.35 bits per heavy atom. The number of thiophene rings is 2. The second kappa shape index (κ2) is 4.49. The molecular formula is C12H8F2O4S2. The maximum Gasteiger partial charge on any atom is 0.272 e. The van der Waals surface area contributed by atoms with E-state index in [-0.39, 0.29) is 13.2 Å². The highest BCUT2D eigenvalue weighted by molar-refractivity contribution is 7.21. The van der Waals surface area contributed by atoms with Crippen molar-refractivity contribution in [1.82, 2.24) is 0 Å². The number of halogens is 2. The first kappa shape index (κ1) is 12.2. The van der Waals surface area contributed by atoms with Crippen molar-refractivity contribution in [2.75, 3.05) is 13.2 Å². The third-order valence-corrected chi connectivity index (χ3v) is 4.91. The maximum atomic E-state index is 13.3. The Morgan fingerprint density at radius 1 is 0.850 bits per heavy atom. The summed E-state index contributed by atoms with van der Waals surface area (Å²) in [4.78, 5) is 1.44. The third kappa shape index (κ3) is 1.82. The smallest absolute Gasteiger partial charge is 0.272 e. The molecule has 0 saturated heterocycles. The standard InChI is InChI=1S/C12H8F2O4S2/c13-7-2-16-9-6(17-7)4-20-11(9)12-10-5(3-19-12)15-1-8(14)18-10/h3-4,7-8H,1-2H2. The Balaban J connectivity index is 1.78. The normalized spacial score (nSPS) is 23.7. The van der Waals surface area contributed by atoms with E-state index >= 15 is 0 Å². The van der Waals surface area contributed by atoms with Crippen molar-refractivity contribution in [2.45, 2.75) is 12.7 Å². The van der Waals surface area contributed by atoms with Crippen molar-refractivity contribution < 1.29 is 27.7 Å². The van der Waals surface area contributed by atoms with Crippen molar-refractivity contribution in [3.63, 3.8) is 0 Å². The fourth-order valence-corrected chi connectivity index (χ4v) is 4.04. The summed E-state index contributed by atoms with van der Waals surface area (Å²) in [7, 11) is 0. The average Bonchev–Trinajstić information content (AvgIpc) is 3.01. The number of hydrogen-bond donors (Lipinski definition) is 0. The van der Waals surface area contributed by atoms with Crippen LogP contribution < -0.4 is 18.9 Å². The molecule has 2 atom stereocenters. The fraction of sp³-hybridized carbons (Fsp3) is 0.333. The highest BCUT2D eigenvalue weighted by Gasteiger charge is 2.31. The van der Waals surface area contributed by atoms with Crippen LogP contribution in [0.25, 0.3) is 9.75 Å². The van der Waals surface area contributed by atoms with Gasteiger partial charge >= 0.3 is 0 Å². The molecule has 2 aromatic heterocycles.